The van der Waals surface area contributed by atoms with Gasteiger partial charge in [-0.3, -0.25) is 4.79 Å². The number of benzene rings is 3. The highest BCUT2D eigenvalue weighted by Crippen LogP contribution is 2.41. The van der Waals surface area contributed by atoms with Gasteiger partial charge in [0.05, 0.1) is 12.7 Å². The van der Waals surface area contributed by atoms with Crippen molar-refractivity contribution < 1.29 is 22.9 Å². The summed E-state index contributed by atoms with van der Waals surface area (Å²) in [4.78, 5) is 13.3. The van der Waals surface area contributed by atoms with Gasteiger partial charge in [-0.05, 0) is 23.3 Å². The molecule has 0 spiro atoms. The molecule has 1 atom stereocenters. The van der Waals surface area contributed by atoms with Gasteiger partial charge < -0.3 is 10.2 Å². The van der Waals surface area contributed by atoms with Gasteiger partial charge in [0.25, 0.3) is 5.91 Å². The third-order valence-electron chi connectivity index (χ3n) is 5.08. The van der Waals surface area contributed by atoms with Gasteiger partial charge in [0.15, 0.2) is 24.0 Å². The largest absolute Gasteiger partial charge is 0.320 e. The lowest BCUT2D eigenvalue weighted by molar-refractivity contribution is -0.897. The number of hydrogen-bond acceptors (Lipinski definition) is 1. The molecule has 3 nitrogen and oxygen atoms in total. The Morgan fingerprint density at radius 2 is 1.46 bits per heavy atom. The zero-order chi connectivity index (χ0) is 19.8. The second-order valence-electron chi connectivity index (χ2n) is 6.90. The lowest BCUT2D eigenvalue weighted by Crippen LogP contribution is -3.10. The van der Waals surface area contributed by atoms with E-state index in [2.05, 4.69) is 17.4 Å². The highest BCUT2D eigenvalue weighted by atomic mass is 19.2. The van der Waals surface area contributed by atoms with E-state index in [-0.39, 0.29) is 18.3 Å². The smallest absolute Gasteiger partial charge is 0.279 e. The van der Waals surface area contributed by atoms with Crippen LogP contribution in [0.1, 0.15) is 17.2 Å². The van der Waals surface area contributed by atoms with E-state index >= 15 is 0 Å². The topological polar surface area (TPSA) is 33.5 Å². The molecule has 142 valence electrons. The van der Waals surface area contributed by atoms with Crippen molar-refractivity contribution in [3.8, 4) is 11.1 Å². The van der Waals surface area contributed by atoms with Gasteiger partial charge in [-0.1, -0.05) is 48.5 Å². The minimum absolute atomic E-state index is 0.0335. The molecule has 3 aromatic rings. The van der Waals surface area contributed by atoms with E-state index in [1.54, 1.807) is 0 Å². The number of anilines is 1. The zero-order valence-corrected chi connectivity index (χ0v) is 15.1. The molecular formula is C22H18F3N2O+. The average Bonchev–Trinajstić information content (AvgIpc) is 3.03. The first-order valence-corrected chi connectivity index (χ1v) is 8.91. The van der Waals surface area contributed by atoms with E-state index in [0.717, 1.165) is 39.3 Å². The van der Waals surface area contributed by atoms with Crippen LogP contribution in [0.3, 0.4) is 0 Å². The van der Waals surface area contributed by atoms with Gasteiger partial charge in [-0.15, -0.1) is 0 Å². The first-order valence-electron chi connectivity index (χ1n) is 8.91. The summed E-state index contributed by atoms with van der Waals surface area (Å²) >= 11 is 0. The summed E-state index contributed by atoms with van der Waals surface area (Å²) in [6.45, 7) is 0.0335. The second-order valence-corrected chi connectivity index (χ2v) is 6.90. The standard InChI is InChI=1S/C22H17F3N2O/c1-27(12-19(28)26-18-11-10-17(23)20(24)21(18)25)22-15-8-4-2-6-13(15)14-7-3-5-9-16(14)22/h2-11,22H,12H2,1H3,(H,26,28)/p+1. The van der Waals surface area contributed by atoms with E-state index in [1.165, 1.54) is 0 Å². The second kappa shape index (κ2) is 7.13. The van der Waals surface area contributed by atoms with Crippen molar-refractivity contribution in [2.24, 2.45) is 0 Å². The van der Waals surface area contributed by atoms with Gasteiger partial charge in [-0.2, -0.15) is 0 Å². The average molecular weight is 383 g/mol. The third kappa shape index (κ3) is 3.05. The van der Waals surface area contributed by atoms with Crippen molar-refractivity contribution in [3.05, 3.63) is 89.2 Å². The van der Waals surface area contributed by atoms with E-state index in [1.807, 2.05) is 43.4 Å². The number of amides is 1. The molecule has 0 saturated heterocycles. The Morgan fingerprint density at radius 3 is 2.07 bits per heavy atom. The molecule has 28 heavy (non-hydrogen) atoms. The van der Waals surface area contributed by atoms with Gasteiger partial charge in [0.2, 0.25) is 0 Å². The lowest BCUT2D eigenvalue weighted by atomic mass is 10.0. The fourth-order valence-electron chi connectivity index (χ4n) is 3.86. The summed E-state index contributed by atoms with van der Waals surface area (Å²) in [5.41, 5.74) is 4.13. The van der Waals surface area contributed by atoms with Crippen LogP contribution in [0.25, 0.3) is 11.1 Å². The molecule has 6 heteroatoms. The summed E-state index contributed by atoms with van der Waals surface area (Å²) < 4.78 is 40.3. The number of carbonyl (C=O) groups excluding carboxylic acids is 1. The minimum atomic E-state index is -1.60. The molecule has 1 aliphatic rings. The number of quaternary nitrogens is 1. The molecule has 0 aromatic heterocycles. The van der Waals surface area contributed by atoms with Crippen LogP contribution in [0.15, 0.2) is 60.7 Å². The Hall–Kier alpha value is -3.12. The lowest BCUT2D eigenvalue weighted by Gasteiger charge is -2.23. The molecule has 0 aliphatic heterocycles. The van der Waals surface area contributed by atoms with Crippen molar-refractivity contribution >= 4 is 11.6 Å². The highest BCUT2D eigenvalue weighted by molar-refractivity contribution is 5.91. The maximum Gasteiger partial charge on any atom is 0.279 e. The number of nitrogens with one attached hydrogen (secondary N) is 2. The Kier molecular flexibility index (Phi) is 4.65. The molecule has 0 bridgehead atoms. The predicted molar refractivity (Wildman–Crippen MR) is 100 cm³/mol. The normalized spacial score (nSPS) is 13.7. The fourth-order valence-corrected chi connectivity index (χ4v) is 3.86. The molecular weight excluding hydrogens is 365 g/mol. The zero-order valence-electron chi connectivity index (χ0n) is 15.1. The number of rotatable bonds is 4. The van der Waals surface area contributed by atoms with Crippen LogP contribution in [0.4, 0.5) is 18.9 Å². The third-order valence-corrected chi connectivity index (χ3v) is 5.08. The molecule has 0 saturated carbocycles. The summed E-state index contributed by atoms with van der Waals surface area (Å²) in [6, 6.07) is 17.8. The quantitative estimate of drug-likeness (QED) is 0.666. The van der Waals surface area contributed by atoms with Crippen LogP contribution < -0.4 is 10.2 Å². The number of halogens is 3. The van der Waals surface area contributed by atoms with Crippen LogP contribution >= 0.6 is 0 Å². The van der Waals surface area contributed by atoms with Crippen molar-refractivity contribution in [1.29, 1.82) is 0 Å². The first kappa shape index (κ1) is 18.3. The molecule has 1 aliphatic carbocycles. The summed E-state index contributed by atoms with van der Waals surface area (Å²) in [7, 11) is 1.88. The molecule has 1 unspecified atom stereocenters. The predicted octanol–water partition coefficient (Wildman–Crippen LogP) is 3.33. The van der Waals surface area contributed by atoms with Crippen molar-refractivity contribution in [2.45, 2.75) is 6.04 Å². The molecule has 1 amide bonds. The Bertz CT molecular complexity index is 1020. The molecule has 4 rings (SSSR count). The van der Waals surface area contributed by atoms with E-state index in [0.29, 0.717) is 0 Å². The monoisotopic (exact) mass is 383 g/mol. The molecule has 0 radical (unpaired) electrons. The number of hydrogen-bond donors (Lipinski definition) is 2. The van der Waals surface area contributed by atoms with Crippen LogP contribution in [-0.2, 0) is 4.79 Å². The number of likely N-dealkylation sites (N-methyl/N-ethyl adjacent to an activating group) is 1. The maximum atomic E-state index is 13.8. The first-order chi connectivity index (χ1) is 13.5. The number of fused-ring (bicyclic) bond motifs is 3. The van der Waals surface area contributed by atoms with E-state index < -0.39 is 23.4 Å². The molecule has 0 heterocycles. The Balaban J connectivity index is 1.57. The molecule has 0 fully saturated rings. The Labute approximate surface area is 160 Å². The van der Waals surface area contributed by atoms with E-state index in [9.17, 15) is 18.0 Å². The van der Waals surface area contributed by atoms with Crippen molar-refractivity contribution in [2.75, 3.05) is 18.9 Å². The van der Waals surface area contributed by atoms with E-state index in [4.69, 9.17) is 0 Å². The molecule has 2 N–H and O–H groups in total. The molecule has 3 aromatic carbocycles. The summed E-state index contributed by atoms with van der Waals surface area (Å²) in [5.74, 6) is -4.78. The SMILES string of the molecule is C[NH+](CC(=O)Nc1ccc(F)c(F)c1F)C1c2ccccc2-c2ccccc21. The van der Waals surface area contributed by atoms with Gasteiger partial charge in [0, 0.05) is 11.1 Å². The van der Waals surface area contributed by atoms with Crippen molar-refractivity contribution in [1.82, 2.24) is 0 Å². The van der Waals surface area contributed by atoms with Gasteiger partial charge >= 0.3 is 0 Å². The van der Waals surface area contributed by atoms with Crippen molar-refractivity contribution in [3.63, 3.8) is 0 Å². The Morgan fingerprint density at radius 1 is 0.893 bits per heavy atom. The van der Waals surface area contributed by atoms with Crippen LogP contribution in [0.2, 0.25) is 0 Å². The maximum absolute atomic E-state index is 13.8. The highest BCUT2D eigenvalue weighted by Gasteiger charge is 2.35. The fraction of sp³-hybridized carbons (Fsp3) is 0.136. The van der Waals surface area contributed by atoms with Crippen LogP contribution in [0, 0.1) is 17.5 Å². The van der Waals surface area contributed by atoms with Crippen LogP contribution in [0.5, 0.6) is 0 Å². The summed E-state index contributed by atoms with van der Waals surface area (Å²) in [6.07, 6.45) is 0. The minimum Gasteiger partial charge on any atom is -0.320 e. The van der Waals surface area contributed by atoms with Crippen LogP contribution in [-0.4, -0.2) is 19.5 Å². The summed E-state index contributed by atoms with van der Waals surface area (Å²) in [5, 5.41) is 2.34. The van der Waals surface area contributed by atoms with Gasteiger partial charge in [0.1, 0.15) is 6.04 Å². The number of carbonyl (C=O) groups is 1. The van der Waals surface area contributed by atoms with Gasteiger partial charge in [-0.25, -0.2) is 13.2 Å².